The van der Waals surface area contributed by atoms with Crippen molar-refractivity contribution in [2.45, 2.75) is 51.7 Å². The lowest BCUT2D eigenvalue weighted by Crippen LogP contribution is -2.53. The zero-order chi connectivity index (χ0) is 18.7. The molecular formula is C17H28ClN5O4. The summed E-state index contributed by atoms with van der Waals surface area (Å²) in [7, 11) is 0. The Bertz CT molecular complexity index is 645. The standard InChI is InChI=1S/C17H27N5O4.ClH/c1-11-7-21(8-12(2)26-11)15(23)10-22-9-14(6-19-22)20-17(24)16-13(3)25-5-4-18-16;/h6,9,11-13,16,18H,4-5,7-8,10H2,1-3H3,(H,20,24);1H/t11?,12?,13-,16+;/m1./s1. The molecule has 2 N–H and O–H groups in total. The van der Waals surface area contributed by atoms with E-state index < -0.39 is 6.04 Å². The molecule has 2 fully saturated rings. The molecule has 2 saturated heterocycles. The van der Waals surface area contributed by atoms with Gasteiger partial charge in [0.1, 0.15) is 12.6 Å². The Labute approximate surface area is 165 Å². The van der Waals surface area contributed by atoms with Gasteiger partial charge in [-0.3, -0.25) is 14.3 Å². The third-order valence-electron chi connectivity index (χ3n) is 4.57. The van der Waals surface area contributed by atoms with E-state index in [1.54, 1.807) is 17.3 Å². The van der Waals surface area contributed by atoms with Crippen LogP contribution in [0.3, 0.4) is 0 Å². The number of aromatic nitrogens is 2. The number of halogens is 1. The Morgan fingerprint density at radius 1 is 1.30 bits per heavy atom. The van der Waals surface area contributed by atoms with Crippen LogP contribution in [0.1, 0.15) is 20.8 Å². The van der Waals surface area contributed by atoms with Crippen molar-refractivity contribution in [3.8, 4) is 0 Å². The molecule has 9 nitrogen and oxygen atoms in total. The predicted molar refractivity (Wildman–Crippen MR) is 102 cm³/mol. The van der Waals surface area contributed by atoms with Gasteiger partial charge in [0, 0.05) is 25.8 Å². The molecule has 1 aromatic heterocycles. The first-order valence-corrected chi connectivity index (χ1v) is 9.04. The van der Waals surface area contributed by atoms with Crippen LogP contribution in [-0.4, -0.2) is 77.1 Å². The molecule has 2 unspecified atom stereocenters. The number of ether oxygens (including phenoxy) is 2. The number of carbonyl (C=O) groups is 2. The molecule has 2 aliphatic rings. The summed E-state index contributed by atoms with van der Waals surface area (Å²) in [6.07, 6.45) is 3.08. The van der Waals surface area contributed by atoms with E-state index in [4.69, 9.17) is 9.47 Å². The van der Waals surface area contributed by atoms with Crippen LogP contribution in [0.5, 0.6) is 0 Å². The maximum Gasteiger partial charge on any atom is 0.244 e. The number of amides is 2. The number of nitrogens with zero attached hydrogens (tertiary/aromatic N) is 3. The van der Waals surface area contributed by atoms with Gasteiger partial charge in [-0.15, -0.1) is 12.4 Å². The Kier molecular flexibility index (Phi) is 7.60. The second kappa shape index (κ2) is 9.50. The van der Waals surface area contributed by atoms with Gasteiger partial charge in [-0.1, -0.05) is 0 Å². The lowest BCUT2D eigenvalue weighted by atomic mass is 10.1. The largest absolute Gasteiger partial charge is 0.375 e. The number of rotatable bonds is 4. The Hall–Kier alpha value is -1.68. The molecular weight excluding hydrogens is 374 g/mol. The fourth-order valence-corrected chi connectivity index (χ4v) is 3.38. The molecule has 0 radical (unpaired) electrons. The van der Waals surface area contributed by atoms with Gasteiger partial charge in [-0.2, -0.15) is 5.10 Å². The summed E-state index contributed by atoms with van der Waals surface area (Å²) in [4.78, 5) is 26.6. The van der Waals surface area contributed by atoms with Crippen molar-refractivity contribution in [2.24, 2.45) is 0 Å². The normalized spacial score (nSPS) is 28.3. The highest BCUT2D eigenvalue weighted by atomic mass is 35.5. The zero-order valence-electron chi connectivity index (χ0n) is 15.9. The smallest absolute Gasteiger partial charge is 0.244 e. The molecule has 0 saturated carbocycles. The molecule has 2 aliphatic heterocycles. The minimum atomic E-state index is -0.398. The lowest BCUT2D eigenvalue weighted by Gasteiger charge is -2.35. The molecule has 1 aromatic rings. The Morgan fingerprint density at radius 2 is 2.00 bits per heavy atom. The van der Waals surface area contributed by atoms with Crippen LogP contribution in [0.4, 0.5) is 5.69 Å². The predicted octanol–water partition coefficient (Wildman–Crippen LogP) is 0.256. The summed E-state index contributed by atoms with van der Waals surface area (Å²) in [5.74, 6) is -0.178. The monoisotopic (exact) mass is 401 g/mol. The molecule has 4 atom stereocenters. The first-order chi connectivity index (χ1) is 12.4. The summed E-state index contributed by atoms with van der Waals surface area (Å²) in [5, 5.41) is 10.1. The number of carbonyl (C=O) groups excluding carboxylic acids is 2. The van der Waals surface area contributed by atoms with Crippen molar-refractivity contribution >= 4 is 29.9 Å². The number of hydrogen-bond donors (Lipinski definition) is 2. The fourth-order valence-electron chi connectivity index (χ4n) is 3.38. The van der Waals surface area contributed by atoms with E-state index in [1.807, 2.05) is 20.8 Å². The van der Waals surface area contributed by atoms with Crippen LogP contribution in [0.15, 0.2) is 12.4 Å². The molecule has 3 heterocycles. The minimum Gasteiger partial charge on any atom is -0.375 e. The maximum atomic E-state index is 12.5. The number of nitrogens with one attached hydrogen (secondary N) is 2. The van der Waals surface area contributed by atoms with Crippen LogP contribution in [0.25, 0.3) is 0 Å². The van der Waals surface area contributed by atoms with Gasteiger partial charge >= 0.3 is 0 Å². The van der Waals surface area contributed by atoms with Gasteiger partial charge in [0.15, 0.2) is 0 Å². The van der Waals surface area contributed by atoms with Crippen LogP contribution in [0.2, 0.25) is 0 Å². The fraction of sp³-hybridized carbons (Fsp3) is 0.706. The van der Waals surface area contributed by atoms with Crippen LogP contribution in [0, 0.1) is 0 Å². The van der Waals surface area contributed by atoms with Gasteiger partial charge in [0.05, 0.1) is 36.8 Å². The van der Waals surface area contributed by atoms with Crippen LogP contribution in [-0.2, 0) is 25.6 Å². The molecule has 10 heteroatoms. The Balaban J connectivity index is 0.00000261. The van der Waals surface area contributed by atoms with E-state index in [1.165, 1.54) is 4.68 Å². The molecule has 2 amide bonds. The molecule has 27 heavy (non-hydrogen) atoms. The Morgan fingerprint density at radius 3 is 2.67 bits per heavy atom. The summed E-state index contributed by atoms with van der Waals surface area (Å²) >= 11 is 0. The van der Waals surface area contributed by atoms with Crippen molar-refractivity contribution in [1.29, 1.82) is 0 Å². The van der Waals surface area contributed by atoms with E-state index in [0.29, 0.717) is 31.9 Å². The second-order valence-electron chi connectivity index (χ2n) is 6.98. The molecule has 0 aliphatic carbocycles. The quantitative estimate of drug-likeness (QED) is 0.750. The van der Waals surface area contributed by atoms with Gasteiger partial charge < -0.3 is 25.0 Å². The molecule has 152 valence electrons. The van der Waals surface area contributed by atoms with Crippen molar-refractivity contribution in [3.05, 3.63) is 12.4 Å². The summed E-state index contributed by atoms with van der Waals surface area (Å²) in [6.45, 7) is 8.33. The molecule has 3 rings (SSSR count). The zero-order valence-corrected chi connectivity index (χ0v) is 16.7. The van der Waals surface area contributed by atoms with Gasteiger partial charge in [-0.05, 0) is 20.8 Å². The van der Waals surface area contributed by atoms with Crippen molar-refractivity contribution in [1.82, 2.24) is 20.0 Å². The third kappa shape index (κ3) is 5.65. The topological polar surface area (TPSA) is 97.7 Å². The van der Waals surface area contributed by atoms with E-state index >= 15 is 0 Å². The first kappa shape index (κ1) is 21.6. The van der Waals surface area contributed by atoms with Gasteiger partial charge in [0.2, 0.25) is 11.8 Å². The second-order valence-corrected chi connectivity index (χ2v) is 6.98. The highest BCUT2D eigenvalue weighted by Gasteiger charge is 2.29. The SMILES string of the molecule is CC1CN(C(=O)Cn2cc(NC(=O)[C@H]3NCCO[C@@H]3C)cn2)CC(C)O1.Cl. The number of hydrogen-bond acceptors (Lipinski definition) is 6. The van der Waals surface area contributed by atoms with Gasteiger partial charge in [0.25, 0.3) is 0 Å². The van der Waals surface area contributed by atoms with Crippen molar-refractivity contribution in [3.63, 3.8) is 0 Å². The highest BCUT2D eigenvalue weighted by molar-refractivity contribution is 5.95. The lowest BCUT2D eigenvalue weighted by molar-refractivity contribution is -0.144. The van der Waals surface area contributed by atoms with Crippen LogP contribution < -0.4 is 10.6 Å². The average Bonchev–Trinajstić information content (AvgIpc) is 3.01. The number of morpholine rings is 2. The van der Waals surface area contributed by atoms with Gasteiger partial charge in [-0.25, -0.2) is 0 Å². The van der Waals surface area contributed by atoms with Crippen LogP contribution >= 0.6 is 12.4 Å². The number of anilines is 1. The van der Waals surface area contributed by atoms with E-state index in [2.05, 4.69) is 15.7 Å². The van der Waals surface area contributed by atoms with Crippen molar-refractivity contribution < 1.29 is 19.1 Å². The third-order valence-corrected chi connectivity index (χ3v) is 4.57. The highest BCUT2D eigenvalue weighted by Crippen LogP contribution is 2.13. The molecule has 0 bridgehead atoms. The van der Waals surface area contributed by atoms with Crippen molar-refractivity contribution in [2.75, 3.05) is 31.6 Å². The summed E-state index contributed by atoms with van der Waals surface area (Å²) in [5.41, 5.74) is 0.561. The minimum absolute atomic E-state index is 0. The maximum absolute atomic E-state index is 12.5. The first-order valence-electron chi connectivity index (χ1n) is 9.04. The van der Waals surface area contributed by atoms with E-state index in [9.17, 15) is 9.59 Å². The van der Waals surface area contributed by atoms with E-state index in [-0.39, 0.29) is 49.1 Å². The summed E-state index contributed by atoms with van der Waals surface area (Å²) in [6, 6.07) is -0.398. The molecule has 0 aromatic carbocycles. The molecule has 0 spiro atoms. The van der Waals surface area contributed by atoms with E-state index in [0.717, 1.165) is 0 Å². The summed E-state index contributed by atoms with van der Waals surface area (Å²) < 4.78 is 12.7. The average molecular weight is 402 g/mol.